The van der Waals surface area contributed by atoms with Crippen molar-refractivity contribution in [2.75, 3.05) is 5.73 Å². The van der Waals surface area contributed by atoms with Gasteiger partial charge in [-0.1, -0.05) is 0 Å². The van der Waals surface area contributed by atoms with Crippen LogP contribution in [0.4, 0.5) is 10.1 Å². The Morgan fingerprint density at radius 3 is 2.39 bits per heavy atom. The second kappa shape index (κ2) is 4.75. The van der Waals surface area contributed by atoms with Gasteiger partial charge in [-0.3, -0.25) is 0 Å². The highest BCUT2D eigenvalue weighted by molar-refractivity contribution is 5.89. The molecule has 0 saturated heterocycles. The number of ether oxygens (including phenoxy) is 1. The highest BCUT2D eigenvalue weighted by Gasteiger charge is 2.07. The van der Waals surface area contributed by atoms with Gasteiger partial charge in [-0.25, -0.2) is 9.18 Å². The molecule has 0 fully saturated rings. The number of rotatable bonds is 3. The molecule has 0 atom stereocenters. The molecule has 0 heterocycles. The summed E-state index contributed by atoms with van der Waals surface area (Å²) in [6.45, 7) is 0. The lowest BCUT2D eigenvalue weighted by atomic mass is 10.2. The molecule has 2 rings (SSSR count). The third kappa shape index (κ3) is 2.57. The topological polar surface area (TPSA) is 72.6 Å². The molecule has 0 unspecified atom stereocenters. The molecular formula is C13H10FNO3. The van der Waals surface area contributed by atoms with Gasteiger partial charge in [-0.2, -0.15) is 0 Å². The standard InChI is InChI=1S/C13H10FNO3/c14-9-2-4-10(5-3-9)18-12-6-1-8(13(16)17)7-11(12)15/h1-7H,15H2,(H,16,17). The van der Waals surface area contributed by atoms with Crippen LogP contribution in [-0.2, 0) is 0 Å². The van der Waals surface area contributed by atoms with Crippen molar-refractivity contribution in [1.82, 2.24) is 0 Å². The van der Waals surface area contributed by atoms with Gasteiger partial charge >= 0.3 is 5.97 Å². The number of hydrogen-bond acceptors (Lipinski definition) is 3. The number of nitrogen functional groups attached to an aromatic ring is 1. The molecule has 0 saturated carbocycles. The number of carbonyl (C=O) groups is 1. The molecule has 0 aromatic heterocycles. The van der Waals surface area contributed by atoms with E-state index in [2.05, 4.69) is 0 Å². The quantitative estimate of drug-likeness (QED) is 0.818. The lowest BCUT2D eigenvalue weighted by molar-refractivity contribution is 0.0697. The van der Waals surface area contributed by atoms with E-state index in [1.165, 1.54) is 42.5 Å². The van der Waals surface area contributed by atoms with Crippen molar-refractivity contribution in [2.45, 2.75) is 0 Å². The Labute approximate surface area is 102 Å². The Kier molecular flexibility index (Phi) is 3.14. The van der Waals surface area contributed by atoms with E-state index in [9.17, 15) is 9.18 Å². The maximum atomic E-state index is 12.7. The van der Waals surface area contributed by atoms with E-state index >= 15 is 0 Å². The van der Waals surface area contributed by atoms with Gasteiger partial charge in [0.15, 0.2) is 0 Å². The van der Waals surface area contributed by atoms with Crippen LogP contribution in [-0.4, -0.2) is 11.1 Å². The summed E-state index contributed by atoms with van der Waals surface area (Å²) in [7, 11) is 0. The first-order chi connectivity index (χ1) is 8.56. The highest BCUT2D eigenvalue weighted by atomic mass is 19.1. The van der Waals surface area contributed by atoms with Gasteiger partial charge in [0, 0.05) is 0 Å². The summed E-state index contributed by atoms with van der Waals surface area (Å²) in [5.41, 5.74) is 5.96. The van der Waals surface area contributed by atoms with Crippen molar-refractivity contribution in [1.29, 1.82) is 0 Å². The number of nitrogens with two attached hydrogens (primary N) is 1. The zero-order chi connectivity index (χ0) is 13.1. The summed E-state index contributed by atoms with van der Waals surface area (Å²) >= 11 is 0. The number of carboxylic acids is 1. The molecule has 18 heavy (non-hydrogen) atoms. The molecule has 0 bridgehead atoms. The van der Waals surface area contributed by atoms with Crippen LogP contribution in [0.2, 0.25) is 0 Å². The van der Waals surface area contributed by atoms with Crippen LogP contribution in [0.1, 0.15) is 10.4 Å². The normalized spacial score (nSPS) is 10.1. The van der Waals surface area contributed by atoms with Gasteiger partial charge in [0.05, 0.1) is 11.3 Å². The van der Waals surface area contributed by atoms with Gasteiger partial charge < -0.3 is 15.6 Å². The van der Waals surface area contributed by atoms with Crippen molar-refractivity contribution in [3.8, 4) is 11.5 Å². The molecule has 0 radical (unpaired) electrons. The minimum Gasteiger partial charge on any atom is -0.478 e. The number of halogens is 1. The molecule has 3 N–H and O–H groups in total. The monoisotopic (exact) mass is 247 g/mol. The van der Waals surface area contributed by atoms with E-state index in [-0.39, 0.29) is 17.1 Å². The van der Waals surface area contributed by atoms with Crippen molar-refractivity contribution in [2.24, 2.45) is 0 Å². The van der Waals surface area contributed by atoms with Crippen molar-refractivity contribution < 1.29 is 19.0 Å². The predicted molar refractivity (Wildman–Crippen MR) is 64.3 cm³/mol. The first-order valence-corrected chi connectivity index (χ1v) is 5.12. The van der Waals surface area contributed by atoms with Gasteiger partial charge in [0.2, 0.25) is 0 Å². The molecule has 92 valence electrons. The average molecular weight is 247 g/mol. The second-order valence-corrected chi connectivity index (χ2v) is 3.61. The van der Waals surface area contributed by atoms with E-state index in [4.69, 9.17) is 15.6 Å². The molecular weight excluding hydrogens is 237 g/mol. The molecule has 4 nitrogen and oxygen atoms in total. The number of anilines is 1. The van der Waals surface area contributed by atoms with Gasteiger partial charge in [-0.05, 0) is 42.5 Å². The number of carboxylic acid groups (broad SMARTS) is 1. The van der Waals surface area contributed by atoms with Gasteiger partial charge in [-0.15, -0.1) is 0 Å². The van der Waals surface area contributed by atoms with Crippen LogP contribution in [0, 0.1) is 5.82 Å². The van der Waals surface area contributed by atoms with E-state index < -0.39 is 5.97 Å². The fourth-order valence-electron chi connectivity index (χ4n) is 1.40. The van der Waals surface area contributed by atoms with Gasteiger partial charge in [0.25, 0.3) is 0 Å². The van der Waals surface area contributed by atoms with Crippen LogP contribution < -0.4 is 10.5 Å². The molecule has 0 spiro atoms. The van der Waals surface area contributed by atoms with E-state index in [1.807, 2.05) is 0 Å². The Bertz CT molecular complexity index is 581. The van der Waals surface area contributed by atoms with Crippen LogP contribution in [0.5, 0.6) is 11.5 Å². The van der Waals surface area contributed by atoms with E-state index in [1.54, 1.807) is 0 Å². The van der Waals surface area contributed by atoms with Crippen molar-refractivity contribution >= 4 is 11.7 Å². The lowest BCUT2D eigenvalue weighted by Crippen LogP contribution is -1.99. The summed E-state index contributed by atoms with van der Waals surface area (Å²) < 4.78 is 18.1. The zero-order valence-corrected chi connectivity index (χ0v) is 9.26. The second-order valence-electron chi connectivity index (χ2n) is 3.61. The Balaban J connectivity index is 2.24. The summed E-state index contributed by atoms with van der Waals surface area (Å²) in [5, 5.41) is 8.78. The van der Waals surface area contributed by atoms with Crippen LogP contribution in [0.3, 0.4) is 0 Å². The fourth-order valence-corrected chi connectivity index (χ4v) is 1.40. The summed E-state index contributed by atoms with van der Waals surface area (Å²) in [6, 6.07) is 9.59. The smallest absolute Gasteiger partial charge is 0.335 e. The van der Waals surface area contributed by atoms with E-state index in [0.29, 0.717) is 11.5 Å². The van der Waals surface area contributed by atoms with Gasteiger partial charge in [0.1, 0.15) is 17.3 Å². The minimum atomic E-state index is -1.06. The Morgan fingerprint density at radius 2 is 1.83 bits per heavy atom. The lowest BCUT2D eigenvalue weighted by Gasteiger charge is -2.08. The molecule has 0 amide bonds. The number of benzene rings is 2. The maximum Gasteiger partial charge on any atom is 0.335 e. The minimum absolute atomic E-state index is 0.0824. The summed E-state index contributed by atoms with van der Waals surface area (Å²) in [6.07, 6.45) is 0. The third-order valence-electron chi connectivity index (χ3n) is 2.30. The molecule has 0 aliphatic heterocycles. The number of hydrogen-bond donors (Lipinski definition) is 2. The number of aromatic carboxylic acids is 1. The van der Waals surface area contributed by atoms with Crippen LogP contribution in [0.25, 0.3) is 0 Å². The molecule has 0 aliphatic carbocycles. The molecule has 2 aromatic rings. The predicted octanol–water partition coefficient (Wildman–Crippen LogP) is 2.90. The Morgan fingerprint density at radius 1 is 1.17 bits per heavy atom. The highest BCUT2D eigenvalue weighted by Crippen LogP contribution is 2.28. The fraction of sp³-hybridized carbons (Fsp3) is 0. The molecule has 2 aromatic carbocycles. The van der Waals surface area contributed by atoms with E-state index in [0.717, 1.165) is 0 Å². The SMILES string of the molecule is Nc1cc(C(=O)O)ccc1Oc1ccc(F)cc1. The first kappa shape index (κ1) is 11.9. The van der Waals surface area contributed by atoms with Crippen molar-refractivity contribution in [3.05, 3.63) is 53.8 Å². The third-order valence-corrected chi connectivity index (χ3v) is 2.30. The summed E-state index contributed by atoms with van der Waals surface area (Å²) in [5.74, 6) is -0.677. The Hall–Kier alpha value is -2.56. The first-order valence-electron chi connectivity index (χ1n) is 5.12. The maximum absolute atomic E-state index is 12.7. The summed E-state index contributed by atoms with van der Waals surface area (Å²) in [4.78, 5) is 10.7. The largest absolute Gasteiger partial charge is 0.478 e. The van der Waals surface area contributed by atoms with Crippen LogP contribution >= 0.6 is 0 Å². The van der Waals surface area contributed by atoms with Crippen molar-refractivity contribution in [3.63, 3.8) is 0 Å². The molecule has 5 heteroatoms. The molecule has 0 aliphatic rings. The zero-order valence-electron chi connectivity index (χ0n) is 9.26. The van der Waals surface area contributed by atoms with Crippen LogP contribution in [0.15, 0.2) is 42.5 Å². The average Bonchev–Trinajstić information content (AvgIpc) is 2.34.